The first-order valence-corrected chi connectivity index (χ1v) is 5.97. The molecular weight excluding hydrogens is 226 g/mol. The van der Waals surface area contributed by atoms with Crippen molar-refractivity contribution in [2.24, 2.45) is 0 Å². The molecule has 0 fully saturated rings. The molecule has 0 saturated carbocycles. The largest absolute Gasteiger partial charge is 0.400 e. The van der Waals surface area contributed by atoms with E-state index in [0.29, 0.717) is 5.69 Å². The quantitative estimate of drug-likeness (QED) is 0.440. The summed E-state index contributed by atoms with van der Waals surface area (Å²) in [4.78, 5) is 23.4. The molecule has 86 valence electrons. The maximum atomic E-state index is 11.7. The molecule has 2 aliphatic rings. The molecule has 0 atom stereocenters. The van der Waals surface area contributed by atoms with Crippen molar-refractivity contribution >= 4 is 11.7 Å². The average Bonchev–Trinajstić information content (AvgIpc) is 2.86. The molecule has 4 rings (SSSR count). The van der Waals surface area contributed by atoms with Crippen LogP contribution in [0.1, 0.15) is 32.8 Å². The maximum Gasteiger partial charge on any atom is 0.400 e. The summed E-state index contributed by atoms with van der Waals surface area (Å²) in [6.45, 7) is 0. The summed E-state index contributed by atoms with van der Waals surface area (Å²) >= 11 is 0. The van der Waals surface area contributed by atoms with Crippen molar-refractivity contribution in [3.63, 3.8) is 0 Å². The number of hydrogen-bond acceptors (Lipinski definition) is 2. The third-order valence-electron chi connectivity index (χ3n) is 3.73. The van der Waals surface area contributed by atoms with Crippen LogP contribution >= 0.6 is 0 Å². The second-order valence-electron chi connectivity index (χ2n) is 4.80. The Labute approximate surface area is 104 Å². The van der Waals surface area contributed by atoms with Crippen LogP contribution in [0.2, 0.25) is 0 Å². The molecule has 0 N–H and O–H groups in total. The summed E-state index contributed by atoms with van der Waals surface area (Å²) in [5.74, 6) is -0.194. The molecule has 0 spiro atoms. The van der Waals surface area contributed by atoms with Crippen molar-refractivity contribution in [1.29, 1.82) is 0 Å². The fraction of sp³-hybridized carbons (Fsp3) is 0.133. The molecule has 0 saturated heterocycles. The number of carbonyl (C=O) groups is 2. The van der Waals surface area contributed by atoms with Gasteiger partial charge in [-0.05, 0) is 23.1 Å². The van der Waals surface area contributed by atoms with Gasteiger partial charge in [0.15, 0.2) is 6.20 Å². The van der Waals surface area contributed by atoms with Crippen molar-refractivity contribution in [1.82, 2.24) is 0 Å². The Morgan fingerprint density at radius 3 is 2.67 bits per heavy atom. The standard InChI is InChI=1S/C15H10NO2/c17-14-7-15(18)16-8-12-10(6-13(14)16)5-9-3-1-2-4-11(9)12/h1-4,6,8H,5,7H2/q+1. The van der Waals surface area contributed by atoms with Crippen LogP contribution in [0.3, 0.4) is 0 Å². The van der Waals surface area contributed by atoms with E-state index in [0.717, 1.165) is 17.5 Å². The number of hydrogen-bond donors (Lipinski definition) is 0. The summed E-state index contributed by atoms with van der Waals surface area (Å²) in [5.41, 5.74) is 5.20. The summed E-state index contributed by atoms with van der Waals surface area (Å²) in [7, 11) is 0. The van der Waals surface area contributed by atoms with Crippen LogP contribution in [0.15, 0.2) is 36.5 Å². The van der Waals surface area contributed by atoms with Gasteiger partial charge in [0, 0.05) is 6.07 Å². The molecule has 0 bridgehead atoms. The zero-order valence-electron chi connectivity index (χ0n) is 9.64. The van der Waals surface area contributed by atoms with Crippen LogP contribution in [0.25, 0.3) is 11.1 Å². The fourth-order valence-electron chi connectivity index (χ4n) is 2.86. The number of Topliss-reactive ketones (excluding diaryl/α,β-unsaturated/α-hetero) is 1. The summed E-state index contributed by atoms with van der Waals surface area (Å²) in [6.07, 6.45) is 2.68. The van der Waals surface area contributed by atoms with E-state index in [1.807, 2.05) is 24.4 Å². The molecule has 2 aromatic rings. The number of fused-ring (bicyclic) bond motifs is 4. The van der Waals surface area contributed by atoms with Crippen LogP contribution in [-0.4, -0.2) is 11.7 Å². The Hall–Kier alpha value is -2.29. The molecule has 0 radical (unpaired) electrons. The highest BCUT2D eigenvalue weighted by molar-refractivity contribution is 6.08. The van der Waals surface area contributed by atoms with Crippen molar-refractivity contribution in [2.45, 2.75) is 12.8 Å². The first-order valence-electron chi connectivity index (χ1n) is 5.97. The Morgan fingerprint density at radius 2 is 1.78 bits per heavy atom. The number of ketones is 1. The fourth-order valence-corrected chi connectivity index (χ4v) is 2.86. The minimum atomic E-state index is -0.123. The number of rotatable bonds is 0. The van der Waals surface area contributed by atoms with Gasteiger partial charge in [-0.2, -0.15) is 0 Å². The van der Waals surface area contributed by atoms with Crippen molar-refractivity contribution < 1.29 is 14.2 Å². The number of aromatic nitrogens is 1. The molecular formula is C15H10NO2+. The van der Waals surface area contributed by atoms with Crippen molar-refractivity contribution in [3.05, 3.63) is 53.3 Å². The van der Waals surface area contributed by atoms with Gasteiger partial charge < -0.3 is 0 Å². The summed E-state index contributed by atoms with van der Waals surface area (Å²) in [5, 5.41) is 0. The molecule has 3 heteroatoms. The lowest BCUT2D eigenvalue weighted by Gasteiger charge is -1.98. The van der Waals surface area contributed by atoms with E-state index in [2.05, 4.69) is 12.1 Å². The summed E-state index contributed by atoms with van der Waals surface area (Å²) in [6, 6.07) is 10.0. The topological polar surface area (TPSA) is 38.0 Å². The Bertz CT molecular complexity index is 731. The van der Waals surface area contributed by atoms with Gasteiger partial charge >= 0.3 is 5.91 Å². The predicted molar refractivity (Wildman–Crippen MR) is 64.5 cm³/mol. The Kier molecular flexibility index (Phi) is 1.69. The number of carbonyl (C=O) groups excluding carboxylic acids is 2. The first kappa shape index (κ1) is 9.71. The van der Waals surface area contributed by atoms with Crippen LogP contribution in [0, 0.1) is 0 Å². The van der Waals surface area contributed by atoms with E-state index < -0.39 is 0 Å². The SMILES string of the molecule is O=C1CC(=O)[n+]2cc3c(cc21)Cc1ccccc1-3. The lowest BCUT2D eigenvalue weighted by molar-refractivity contribution is -0.569. The zero-order chi connectivity index (χ0) is 12.3. The number of nitrogens with zero attached hydrogens (tertiary/aromatic N) is 1. The number of benzene rings is 1. The molecule has 1 aliphatic carbocycles. The third-order valence-corrected chi connectivity index (χ3v) is 3.73. The molecule has 0 amide bonds. The van der Waals surface area contributed by atoms with Crippen LogP contribution < -0.4 is 4.57 Å². The van der Waals surface area contributed by atoms with E-state index in [9.17, 15) is 9.59 Å². The van der Waals surface area contributed by atoms with Crippen LogP contribution in [0.4, 0.5) is 0 Å². The highest BCUT2D eigenvalue weighted by atomic mass is 16.2. The van der Waals surface area contributed by atoms with Crippen molar-refractivity contribution in [3.8, 4) is 11.1 Å². The minimum absolute atomic E-state index is 0.00450. The van der Waals surface area contributed by atoms with E-state index in [4.69, 9.17) is 0 Å². The van der Waals surface area contributed by atoms with Crippen LogP contribution in [0.5, 0.6) is 0 Å². The molecule has 0 unspecified atom stereocenters. The maximum absolute atomic E-state index is 11.7. The molecule has 18 heavy (non-hydrogen) atoms. The molecule has 1 aliphatic heterocycles. The van der Waals surface area contributed by atoms with E-state index in [1.54, 1.807) is 0 Å². The third kappa shape index (κ3) is 1.11. The van der Waals surface area contributed by atoms with Crippen LogP contribution in [-0.2, 0) is 6.42 Å². The van der Waals surface area contributed by atoms with Gasteiger partial charge in [0.05, 0.1) is 5.56 Å². The second-order valence-corrected chi connectivity index (χ2v) is 4.80. The smallest absolute Gasteiger partial charge is 0.287 e. The average molecular weight is 236 g/mol. The van der Waals surface area contributed by atoms with Gasteiger partial charge in [-0.3, -0.25) is 4.79 Å². The van der Waals surface area contributed by atoms with Gasteiger partial charge in [-0.25, -0.2) is 4.79 Å². The lowest BCUT2D eigenvalue weighted by Crippen LogP contribution is -2.40. The first-order chi connectivity index (χ1) is 8.74. The normalized spacial score (nSPS) is 15.6. The molecule has 1 aromatic heterocycles. The molecule has 2 heterocycles. The highest BCUT2D eigenvalue weighted by Crippen LogP contribution is 2.36. The van der Waals surface area contributed by atoms with E-state index >= 15 is 0 Å². The second kappa shape index (κ2) is 3.13. The van der Waals surface area contributed by atoms with Gasteiger partial charge in [0.25, 0.3) is 5.69 Å². The van der Waals surface area contributed by atoms with E-state index in [-0.39, 0.29) is 18.1 Å². The Balaban J connectivity index is 2.01. The zero-order valence-corrected chi connectivity index (χ0v) is 9.64. The van der Waals surface area contributed by atoms with Gasteiger partial charge in [0.1, 0.15) is 6.42 Å². The lowest BCUT2D eigenvalue weighted by atomic mass is 10.1. The minimum Gasteiger partial charge on any atom is -0.287 e. The molecule has 3 nitrogen and oxygen atoms in total. The van der Waals surface area contributed by atoms with Gasteiger partial charge in [-0.1, -0.05) is 24.3 Å². The van der Waals surface area contributed by atoms with Crippen molar-refractivity contribution in [2.75, 3.05) is 0 Å². The predicted octanol–water partition coefficient (Wildman–Crippen LogP) is 1.77. The number of pyridine rings is 1. The molecule has 1 aromatic carbocycles. The van der Waals surface area contributed by atoms with Gasteiger partial charge in [-0.15, -0.1) is 4.57 Å². The van der Waals surface area contributed by atoms with Gasteiger partial charge in [0.2, 0.25) is 5.78 Å². The highest BCUT2D eigenvalue weighted by Gasteiger charge is 2.39. The summed E-state index contributed by atoms with van der Waals surface area (Å²) < 4.78 is 1.50. The Morgan fingerprint density at radius 1 is 0.944 bits per heavy atom. The monoisotopic (exact) mass is 236 g/mol. The van der Waals surface area contributed by atoms with E-state index in [1.165, 1.54) is 15.7 Å².